The lowest BCUT2D eigenvalue weighted by atomic mass is 10.3. The van der Waals surface area contributed by atoms with Crippen LogP contribution < -0.4 is 10.6 Å². The highest BCUT2D eigenvalue weighted by atomic mass is 32.2. The molecule has 1 heterocycles. The normalized spacial score (nSPS) is 12.0. The van der Waals surface area contributed by atoms with E-state index in [-0.39, 0.29) is 28.6 Å². The van der Waals surface area contributed by atoms with Crippen LogP contribution in [0.1, 0.15) is 19.2 Å². The van der Waals surface area contributed by atoms with Gasteiger partial charge in [-0.25, -0.2) is 9.37 Å². The number of thioether (sulfide) groups is 1. The van der Waals surface area contributed by atoms with Crippen LogP contribution in [0.2, 0.25) is 0 Å². The number of halogens is 1. The van der Waals surface area contributed by atoms with Crippen LogP contribution in [0.3, 0.4) is 0 Å². The monoisotopic (exact) mass is 428 g/mol. The summed E-state index contributed by atoms with van der Waals surface area (Å²) in [7, 11) is 0. The zero-order valence-corrected chi connectivity index (χ0v) is 17.8. The number of amides is 2. The molecule has 0 saturated carbocycles. The first kappa shape index (κ1) is 21.8. The fourth-order valence-corrected chi connectivity index (χ4v) is 3.79. The molecule has 0 spiro atoms. The number of carbonyl (C=O) groups is 2. The van der Waals surface area contributed by atoms with Gasteiger partial charge in [0.1, 0.15) is 11.6 Å². The Hall–Kier alpha value is -2.87. The molecular formula is C22H25FN4O2S. The molecule has 0 aliphatic heterocycles. The van der Waals surface area contributed by atoms with Crippen LogP contribution in [0.4, 0.5) is 10.1 Å². The highest BCUT2D eigenvalue weighted by Crippen LogP contribution is 2.16. The predicted octanol–water partition coefficient (Wildman–Crippen LogP) is 3.75. The van der Waals surface area contributed by atoms with Gasteiger partial charge < -0.3 is 15.2 Å². The summed E-state index contributed by atoms with van der Waals surface area (Å²) in [6.45, 7) is 5.08. The van der Waals surface area contributed by atoms with Crippen molar-refractivity contribution < 1.29 is 14.0 Å². The van der Waals surface area contributed by atoms with Crippen LogP contribution >= 0.6 is 11.8 Å². The quantitative estimate of drug-likeness (QED) is 0.509. The van der Waals surface area contributed by atoms with E-state index in [1.807, 2.05) is 31.2 Å². The van der Waals surface area contributed by atoms with E-state index in [1.165, 1.54) is 36.0 Å². The summed E-state index contributed by atoms with van der Waals surface area (Å²) < 4.78 is 15.0. The maximum absolute atomic E-state index is 12.9. The maximum Gasteiger partial charge on any atom is 0.234 e. The predicted molar refractivity (Wildman–Crippen MR) is 119 cm³/mol. The molecule has 0 fully saturated rings. The highest BCUT2D eigenvalue weighted by Gasteiger charge is 2.15. The van der Waals surface area contributed by atoms with E-state index in [0.717, 1.165) is 29.8 Å². The first-order chi connectivity index (χ1) is 14.4. The summed E-state index contributed by atoms with van der Waals surface area (Å²) in [6, 6.07) is 13.6. The van der Waals surface area contributed by atoms with Gasteiger partial charge in [-0.2, -0.15) is 0 Å². The van der Waals surface area contributed by atoms with Gasteiger partial charge in [0, 0.05) is 18.8 Å². The van der Waals surface area contributed by atoms with Crippen LogP contribution in [0.5, 0.6) is 0 Å². The summed E-state index contributed by atoms with van der Waals surface area (Å²) in [5.74, 6) is 0.421. The number of hydrogen-bond acceptors (Lipinski definition) is 4. The zero-order valence-electron chi connectivity index (χ0n) is 17.0. The Morgan fingerprint density at radius 2 is 1.90 bits per heavy atom. The second kappa shape index (κ2) is 10.2. The average molecular weight is 429 g/mol. The van der Waals surface area contributed by atoms with Crippen LogP contribution in [-0.2, 0) is 16.1 Å². The number of nitrogens with zero attached hydrogens (tertiary/aromatic N) is 2. The van der Waals surface area contributed by atoms with E-state index < -0.39 is 0 Å². The first-order valence-electron chi connectivity index (χ1n) is 9.80. The van der Waals surface area contributed by atoms with Crippen LogP contribution in [0.25, 0.3) is 11.0 Å². The summed E-state index contributed by atoms with van der Waals surface area (Å²) in [6.07, 6.45) is 0.787. The van der Waals surface area contributed by atoms with Gasteiger partial charge in [-0.1, -0.05) is 12.1 Å². The molecule has 158 valence electrons. The van der Waals surface area contributed by atoms with Crippen molar-refractivity contribution in [1.82, 2.24) is 14.9 Å². The summed E-state index contributed by atoms with van der Waals surface area (Å²) >= 11 is 1.26. The van der Waals surface area contributed by atoms with E-state index >= 15 is 0 Å². The van der Waals surface area contributed by atoms with Crippen molar-refractivity contribution in [2.24, 2.45) is 0 Å². The van der Waals surface area contributed by atoms with Gasteiger partial charge in [0.15, 0.2) is 0 Å². The van der Waals surface area contributed by atoms with Crippen molar-refractivity contribution in [3.63, 3.8) is 0 Å². The molecule has 30 heavy (non-hydrogen) atoms. The van der Waals surface area contributed by atoms with E-state index in [1.54, 1.807) is 6.92 Å². The number of carbonyl (C=O) groups excluding carboxylic acids is 2. The number of anilines is 1. The van der Waals surface area contributed by atoms with Gasteiger partial charge in [0.2, 0.25) is 11.8 Å². The van der Waals surface area contributed by atoms with E-state index in [0.29, 0.717) is 12.2 Å². The number of benzene rings is 2. The number of fused-ring (bicyclic) bond motifs is 1. The van der Waals surface area contributed by atoms with Gasteiger partial charge >= 0.3 is 0 Å². The summed E-state index contributed by atoms with van der Waals surface area (Å²) in [5, 5.41) is 5.26. The lowest BCUT2D eigenvalue weighted by Gasteiger charge is -2.13. The number of aromatic nitrogens is 2. The largest absolute Gasteiger partial charge is 0.355 e. The Morgan fingerprint density at radius 1 is 1.17 bits per heavy atom. The summed E-state index contributed by atoms with van der Waals surface area (Å²) in [5.41, 5.74) is 2.60. The SMILES string of the molecule is Cc1nc2ccccc2n1CCCNC(=O)C(C)SCC(=O)Nc1ccc(F)cc1. The molecule has 0 aliphatic carbocycles. The molecule has 0 radical (unpaired) electrons. The second-order valence-corrected chi connectivity index (χ2v) is 8.28. The van der Waals surface area contributed by atoms with Crippen LogP contribution in [-0.4, -0.2) is 38.9 Å². The maximum atomic E-state index is 12.9. The Balaban J connectivity index is 1.37. The molecule has 2 amide bonds. The fraction of sp³-hybridized carbons (Fsp3) is 0.318. The molecule has 2 N–H and O–H groups in total. The van der Waals surface area contributed by atoms with Gasteiger partial charge in [0.25, 0.3) is 0 Å². The number of hydrogen-bond donors (Lipinski definition) is 2. The Bertz CT molecular complexity index is 1020. The van der Waals surface area contributed by atoms with Crippen molar-refractivity contribution in [2.75, 3.05) is 17.6 Å². The van der Waals surface area contributed by atoms with E-state index in [2.05, 4.69) is 20.2 Å². The van der Waals surface area contributed by atoms with Crippen LogP contribution in [0.15, 0.2) is 48.5 Å². The molecule has 1 aromatic heterocycles. The van der Waals surface area contributed by atoms with Gasteiger partial charge in [-0.15, -0.1) is 11.8 Å². The molecule has 3 aromatic rings. The minimum absolute atomic E-state index is 0.0956. The number of nitrogens with one attached hydrogen (secondary N) is 2. The smallest absolute Gasteiger partial charge is 0.234 e. The Morgan fingerprint density at radius 3 is 2.67 bits per heavy atom. The third kappa shape index (κ3) is 5.82. The minimum Gasteiger partial charge on any atom is -0.355 e. The van der Waals surface area contributed by atoms with E-state index in [4.69, 9.17) is 0 Å². The fourth-order valence-electron chi connectivity index (χ4n) is 3.08. The van der Waals surface area contributed by atoms with Gasteiger partial charge in [-0.3, -0.25) is 9.59 Å². The van der Waals surface area contributed by atoms with Crippen molar-refractivity contribution >= 4 is 40.3 Å². The second-order valence-electron chi connectivity index (χ2n) is 6.95. The third-order valence-electron chi connectivity index (χ3n) is 4.66. The molecule has 6 nitrogen and oxygen atoms in total. The molecule has 0 saturated heterocycles. The molecule has 0 aliphatic rings. The number of para-hydroxylation sites is 2. The molecular weight excluding hydrogens is 403 g/mol. The lowest BCUT2D eigenvalue weighted by Crippen LogP contribution is -2.33. The molecule has 3 rings (SSSR count). The molecule has 1 atom stereocenters. The van der Waals surface area contributed by atoms with Crippen molar-refractivity contribution in [1.29, 1.82) is 0 Å². The number of aryl methyl sites for hydroxylation is 2. The lowest BCUT2D eigenvalue weighted by molar-refractivity contribution is -0.120. The first-order valence-corrected chi connectivity index (χ1v) is 10.9. The molecule has 8 heteroatoms. The topological polar surface area (TPSA) is 76.0 Å². The van der Waals surface area contributed by atoms with Crippen molar-refractivity contribution in [3.05, 3.63) is 60.2 Å². The van der Waals surface area contributed by atoms with E-state index in [9.17, 15) is 14.0 Å². The van der Waals surface area contributed by atoms with Gasteiger partial charge in [0.05, 0.1) is 22.0 Å². The molecule has 2 aromatic carbocycles. The molecule has 1 unspecified atom stereocenters. The highest BCUT2D eigenvalue weighted by molar-refractivity contribution is 8.01. The number of rotatable bonds is 9. The Labute approximate surface area is 179 Å². The Kier molecular flexibility index (Phi) is 7.46. The standard InChI is InChI=1S/C22H25FN4O2S/c1-15(30-14-21(28)26-18-10-8-17(23)9-11-18)22(29)24-12-5-13-27-16(2)25-19-6-3-4-7-20(19)27/h3-4,6-11,15H,5,12-14H2,1-2H3,(H,24,29)(H,26,28). The summed E-state index contributed by atoms with van der Waals surface area (Å²) in [4.78, 5) is 28.8. The van der Waals surface area contributed by atoms with Crippen molar-refractivity contribution in [3.8, 4) is 0 Å². The van der Waals surface area contributed by atoms with Crippen molar-refractivity contribution in [2.45, 2.75) is 32.1 Å². The third-order valence-corrected chi connectivity index (χ3v) is 5.81. The number of imidazole rings is 1. The van der Waals surface area contributed by atoms with Crippen LogP contribution in [0, 0.1) is 12.7 Å². The average Bonchev–Trinajstić information content (AvgIpc) is 3.06. The molecule has 0 bridgehead atoms. The zero-order chi connectivity index (χ0) is 21.5. The van der Waals surface area contributed by atoms with Gasteiger partial charge in [-0.05, 0) is 56.7 Å². The minimum atomic E-state index is -0.357.